The first-order valence-corrected chi connectivity index (χ1v) is 11.1. The van der Waals surface area contributed by atoms with E-state index in [1.54, 1.807) is 0 Å². The van der Waals surface area contributed by atoms with Gasteiger partial charge in [-0.2, -0.15) is 0 Å². The van der Waals surface area contributed by atoms with Crippen LogP contribution < -0.4 is 10.6 Å². The van der Waals surface area contributed by atoms with Gasteiger partial charge >= 0.3 is 12.1 Å². The van der Waals surface area contributed by atoms with E-state index in [9.17, 15) is 19.5 Å². The maximum absolute atomic E-state index is 12.5. The highest BCUT2D eigenvalue weighted by Gasteiger charge is 2.31. The first kappa shape index (κ1) is 24.3. The molecule has 0 aliphatic heterocycles. The van der Waals surface area contributed by atoms with Crippen molar-refractivity contribution in [2.75, 3.05) is 13.2 Å². The molecule has 33 heavy (non-hydrogen) atoms. The van der Waals surface area contributed by atoms with E-state index in [2.05, 4.69) is 22.8 Å². The number of amides is 2. The number of rotatable bonds is 10. The van der Waals surface area contributed by atoms with Crippen LogP contribution in [0, 0.1) is 0 Å². The fraction of sp³-hybridized carbons (Fsp3) is 0.400. The van der Waals surface area contributed by atoms with Gasteiger partial charge in [-0.1, -0.05) is 61.9 Å². The Morgan fingerprint density at radius 1 is 1.06 bits per heavy atom. The molecule has 0 bridgehead atoms. The minimum atomic E-state index is -2.06. The number of benzene rings is 2. The summed E-state index contributed by atoms with van der Waals surface area (Å²) < 4.78 is 5.54. The summed E-state index contributed by atoms with van der Waals surface area (Å²) in [5, 5.41) is 23.8. The summed E-state index contributed by atoms with van der Waals surface area (Å²) in [5.41, 5.74) is 2.44. The average molecular weight is 455 g/mol. The van der Waals surface area contributed by atoms with Crippen LogP contribution >= 0.6 is 0 Å². The molecule has 0 saturated heterocycles. The molecule has 0 radical (unpaired) electrons. The molecule has 3 rings (SSSR count). The third kappa shape index (κ3) is 5.90. The molecule has 0 saturated carbocycles. The number of carbonyl (C=O) groups is 3. The lowest BCUT2D eigenvalue weighted by molar-refractivity contribution is -0.156. The Hall–Kier alpha value is -3.39. The summed E-state index contributed by atoms with van der Waals surface area (Å²) >= 11 is 0. The van der Waals surface area contributed by atoms with Crippen LogP contribution in [0.25, 0.3) is 11.1 Å². The molecule has 2 unspecified atom stereocenters. The fourth-order valence-electron chi connectivity index (χ4n) is 4.02. The minimum absolute atomic E-state index is 0.0479. The van der Waals surface area contributed by atoms with E-state index in [0.29, 0.717) is 6.42 Å². The first-order chi connectivity index (χ1) is 15.7. The number of hydrogen-bond acceptors (Lipinski definition) is 5. The summed E-state index contributed by atoms with van der Waals surface area (Å²) in [4.78, 5) is 35.7. The number of alkyl carbamates (subject to hydrolysis) is 1. The Bertz CT molecular complexity index is 974. The number of aliphatic hydroxyl groups is 1. The standard InChI is InChI=1S/C25H30N2O6/c1-3-8-16(13-22(28)26-15-25(2,32)23(29)30)27-24(31)33-14-21-19-11-6-4-9-17(19)18-10-5-7-12-20(18)21/h4-7,9-12,16,21,32H,3,8,13-15H2,1-2H3,(H,26,28)(H,27,31)(H,29,30). The Balaban J connectivity index is 1.56. The molecule has 4 N–H and O–H groups in total. The zero-order valence-corrected chi connectivity index (χ0v) is 18.8. The topological polar surface area (TPSA) is 125 Å². The van der Waals surface area contributed by atoms with Gasteiger partial charge in [-0.3, -0.25) is 4.79 Å². The van der Waals surface area contributed by atoms with E-state index in [4.69, 9.17) is 9.84 Å². The van der Waals surface area contributed by atoms with Crippen LogP contribution in [0.15, 0.2) is 48.5 Å². The predicted molar refractivity (Wildman–Crippen MR) is 123 cm³/mol. The number of fused-ring (bicyclic) bond motifs is 3. The Morgan fingerprint density at radius 3 is 2.18 bits per heavy atom. The van der Waals surface area contributed by atoms with Crippen molar-refractivity contribution < 1.29 is 29.3 Å². The molecular weight excluding hydrogens is 424 g/mol. The van der Waals surface area contributed by atoms with Crippen LogP contribution in [0.4, 0.5) is 4.79 Å². The highest BCUT2D eigenvalue weighted by Crippen LogP contribution is 2.44. The van der Waals surface area contributed by atoms with Gasteiger partial charge in [0.15, 0.2) is 5.60 Å². The van der Waals surface area contributed by atoms with Gasteiger partial charge in [0.05, 0.1) is 6.54 Å². The van der Waals surface area contributed by atoms with Crippen molar-refractivity contribution in [3.8, 4) is 11.1 Å². The van der Waals surface area contributed by atoms with Crippen LogP contribution in [-0.2, 0) is 14.3 Å². The van der Waals surface area contributed by atoms with Gasteiger partial charge in [0.2, 0.25) is 5.91 Å². The molecule has 0 heterocycles. The van der Waals surface area contributed by atoms with Gasteiger partial charge in [-0.15, -0.1) is 0 Å². The molecule has 0 fully saturated rings. The van der Waals surface area contributed by atoms with Crippen LogP contribution in [0.1, 0.15) is 50.2 Å². The zero-order chi connectivity index (χ0) is 24.0. The molecule has 176 valence electrons. The molecule has 1 aliphatic rings. The van der Waals surface area contributed by atoms with E-state index >= 15 is 0 Å². The number of carboxylic acid groups (broad SMARTS) is 1. The third-order valence-corrected chi connectivity index (χ3v) is 5.83. The maximum Gasteiger partial charge on any atom is 0.407 e. The van der Waals surface area contributed by atoms with Crippen LogP contribution in [0.2, 0.25) is 0 Å². The number of nitrogens with one attached hydrogen (secondary N) is 2. The van der Waals surface area contributed by atoms with E-state index in [0.717, 1.165) is 35.6 Å². The number of carbonyl (C=O) groups excluding carboxylic acids is 2. The number of hydrogen-bond donors (Lipinski definition) is 4. The molecule has 0 spiro atoms. The van der Waals surface area contributed by atoms with Gasteiger partial charge < -0.3 is 25.6 Å². The van der Waals surface area contributed by atoms with Crippen molar-refractivity contribution in [1.82, 2.24) is 10.6 Å². The van der Waals surface area contributed by atoms with Crippen molar-refractivity contribution >= 4 is 18.0 Å². The Morgan fingerprint density at radius 2 is 1.64 bits per heavy atom. The highest BCUT2D eigenvalue weighted by molar-refractivity contribution is 5.81. The Labute approximate surface area is 193 Å². The van der Waals surface area contributed by atoms with Gasteiger partial charge in [0, 0.05) is 18.4 Å². The summed E-state index contributed by atoms with van der Waals surface area (Å²) in [6.07, 6.45) is 0.621. The summed E-state index contributed by atoms with van der Waals surface area (Å²) in [6, 6.07) is 15.6. The monoisotopic (exact) mass is 454 g/mol. The van der Waals surface area contributed by atoms with Crippen molar-refractivity contribution in [2.24, 2.45) is 0 Å². The van der Waals surface area contributed by atoms with E-state index < -0.39 is 36.2 Å². The highest BCUT2D eigenvalue weighted by atomic mass is 16.5. The quantitative estimate of drug-likeness (QED) is 0.437. The molecule has 2 aromatic carbocycles. The van der Waals surface area contributed by atoms with Gasteiger partial charge in [0.25, 0.3) is 0 Å². The normalized spacial score (nSPS) is 15.0. The SMILES string of the molecule is CCCC(CC(=O)NCC(C)(O)C(=O)O)NC(=O)OCC1c2ccccc2-c2ccccc21. The molecule has 8 nitrogen and oxygen atoms in total. The number of ether oxygens (including phenoxy) is 1. The third-order valence-electron chi connectivity index (χ3n) is 5.83. The molecule has 1 aliphatic carbocycles. The maximum atomic E-state index is 12.5. The molecule has 2 aromatic rings. The number of carboxylic acids is 1. The van der Waals surface area contributed by atoms with Crippen LogP contribution in [-0.4, -0.2) is 53.0 Å². The van der Waals surface area contributed by atoms with Crippen molar-refractivity contribution in [1.29, 1.82) is 0 Å². The van der Waals surface area contributed by atoms with Gasteiger partial charge in [-0.25, -0.2) is 9.59 Å². The molecule has 2 atom stereocenters. The van der Waals surface area contributed by atoms with Crippen molar-refractivity contribution in [3.63, 3.8) is 0 Å². The van der Waals surface area contributed by atoms with Crippen molar-refractivity contribution in [2.45, 2.75) is 50.7 Å². The van der Waals surface area contributed by atoms with Gasteiger partial charge in [-0.05, 0) is 35.6 Å². The smallest absolute Gasteiger partial charge is 0.407 e. The van der Waals surface area contributed by atoms with Crippen LogP contribution in [0.5, 0.6) is 0 Å². The second kappa shape index (κ2) is 10.5. The second-order valence-corrected chi connectivity index (χ2v) is 8.52. The number of aliphatic carboxylic acids is 1. The summed E-state index contributed by atoms with van der Waals surface area (Å²) in [7, 11) is 0. The molecule has 0 aromatic heterocycles. The largest absolute Gasteiger partial charge is 0.479 e. The first-order valence-electron chi connectivity index (χ1n) is 11.1. The lowest BCUT2D eigenvalue weighted by atomic mass is 9.98. The lowest BCUT2D eigenvalue weighted by Crippen LogP contribution is -2.48. The minimum Gasteiger partial charge on any atom is -0.479 e. The fourth-order valence-corrected chi connectivity index (χ4v) is 4.02. The van der Waals surface area contributed by atoms with E-state index in [1.807, 2.05) is 43.3 Å². The average Bonchev–Trinajstić information content (AvgIpc) is 3.10. The van der Waals surface area contributed by atoms with E-state index in [-0.39, 0.29) is 18.9 Å². The van der Waals surface area contributed by atoms with Crippen molar-refractivity contribution in [3.05, 3.63) is 59.7 Å². The summed E-state index contributed by atoms with van der Waals surface area (Å²) in [5.74, 6) is -1.95. The van der Waals surface area contributed by atoms with Crippen LogP contribution in [0.3, 0.4) is 0 Å². The molecular formula is C25H30N2O6. The summed E-state index contributed by atoms with van der Waals surface area (Å²) in [6.45, 7) is 2.78. The predicted octanol–water partition coefficient (Wildman–Crippen LogP) is 3.04. The lowest BCUT2D eigenvalue weighted by Gasteiger charge is -2.21. The second-order valence-electron chi connectivity index (χ2n) is 8.52. The molecule has 2 amide bonds. The Kier molecular flexibility index (Phi) is 7.71. The molecule has 8 heteroatoms. The zero-order valence-electron chi connectivity index (χ0n) is 18.8. The van der Waals surface area contributed by atoms with E-state index in [1.165, 1.54) is 0 Å². The van der Waals surface area contributed by atoms with Gasteiger partial charge in [0.1, 0.15) is 6.61 Å².